The Morgan fingerprint density at radius 1 is 1.02 bits per heavy atom. The predicted octanol–water partition coefficient (Wildman–Crippen LogP) is 9.50. The van der Waals surface area contributed by atoms with Gasteiger partial charge in [0, 0.05) is 25.2 Å². The van der Waals surface area contributed by atoms with Crippen molar-refractivity contribution in [3.05, 3.63) is 87.3 Å². The average molecular weight is 682 g/mol. The van der Waals surface area contributed by atoms with Crippen LogP contribution in [0, 0.1) is 23.0 Å². The number of nitrogens with one attached hydrogen (secondary N) is 1. The number of halogens is 3. The zero-order valence-corrected chi connectivity index (χ0v) is 28.7. The molecule has 1 saturated carbocycles. The van der Waals surface area contributed by atoms with Crippen LogP contribution in [0.5, 0.6) is 5.75 Å². The van der Waals surface area contributed by atoms with E-state index < -0.39 is 11.6 Å². The number of carbonyl (C=O) groups excluding carboxylic acids is 2. The second kappa shape index (κ2) is 15.6. The van der Waals surface area contributed by atoms with E-state index in [9.17, 15) is 18.4 Å². The van der Waals surface area contributed by atoms with Crippen LogP contribution in [0.1, 0.15) is 73.7 Å². The van der Waals surface area contributed by atoms with Crippen LogP contribution in [0.2, 0.25) is 5.02 Å². The molecule has 0 atom stereocenters. The molecule has 0 spiro atoms. The SMILES string of the molecule is CNC(=O)OC(C)(C)C.COc1ccc(-c2ccc(C#N)cc2)cc1CN(C(=O)c1sc2c(F)ccc(F)c2c1Cl)C1CCCCC1. The van der Waals surface area contributed by atoms with Crippen molar-refractivity contribution in [1.29, 1.82) is 5.26 Å². The number of nitriles is 1. The smallest absolute Gasteiger partial charge is 0.407 e. The Morgan fingerprint density at radius 3 is 2.21 bits per heavy atom. The normalized spacial score (nSPS) is 13.3. The number of thiophene rings is 1. The maximum absolute atomic E-state index is 14.6. The second-order valence-corrected chi connectivity index (χ2v) is 13.6. The van der Waals surface area contributed by atoms with Crippen LogP contribution >= 0.6 is 22.9 Å². The molecular formula is C36H38ClF2N3O4S. The van der Waals surface area contributed by atoms with Crippen molar-refractivity contribution in [3.63, 3.8) is 0 Å². The van der Waals surface area contributed by atoms with Gasteiger partial charge >= 0.3 is 6.09 Å². The number of carbonyl (C=O) groups is 2. The van der Waals surface area contributed by atoms with Gasteiger partial charge in [0.2, 0.25) is 0 Å². The van der Waals surface area contributed by atoms with Gasteiger partial charge in [-0.05, 0) is 81.1 Å². The summed E-state index contributed by atoms with van der Waals surface area (Å²) in [5.41, 5.74) is 2.85. The first kappa shape index (κ1) is 35.7. The summed E-state index contributed by atoms with van der Waals surface area (Å²) in [6.07, 6.45) is 4.40. The molecule has 4 aromatic rings. The highest BCUT2D eigenvalue weighted by atomic mass is 35.5. The lowest BCUT2D eigenvalue weighted by Crippen LogP contribution is -2.40. The molecule has 0 bridgehead atoms. The number of amides is 2. The summed E-state index contributed by atoms with van der Waals surface area (Å²) < 4.78 is 39.6. The minimum absolute atomic E-state index is 0.0319. The van der Waals surface area contributed by atoms with E-state index in [1.54, 1.807) is 24.1 Å². The molecule has 0 aliphatic heterocycles. The topological polar surface area (TPSA) is 91.7 Å². The molecule has 2 amide bonds. The third-order valence-electron chi connectivity index (χ3n) is 7.72. The van der Waals surface area contributed by atoms with E-state index in [2.05, 4.69) is 11.4 Å². The summed E-state index contributed by atoms with van der Waals surface area (Å²) in [7, 11) is 3.12. The van der Waals surface area contributed by atoms with Gasteiger partial charge in [-0.1, -0.05) is 49.1 Å². The fourth-order valence-electron chi connectivity index (χ4n) is 5.46. The summed E-state index contributed by atoms with van der Waals surface area (Å²) in [6.45, 7) is 5.72. The second-order valence-electron chi connectivity index (χ2n) is 12.2. The van der Waals surface area contributed by atoms with Crippen LogP contribution in [-0.2, 0) is 11.3 Å². The van der Waals surface area contributed by atoms with Crippen molar-refractivity contribution in [3.8, 4) is 22.9 Å². The molecule has 1 aromatic heterocycles. The van der Waals surface area contributed by atoms with E-state index in [0.29, 0.717) is 11.3 Å². The van der Waals surface area contributed by atoms with Crippen molar-refractivity contribution < 1.29 is 27.8 Å². The molecule has 7 nitrogen and oxygen atoms in total. The van der Waals surface area contributed by atoms with Gasteiger partial charge in [-0.15, -0.1) is 11.3 Å². The highest BCUT2D eigenvalue weighted by Crippen LogP contribution is 2.40. The van der Waals surface area contributed by atoms with E-state index >= 15 is 0 Å². The minimum Gasteiger partial charge on any atom is -0.496 e. The molecule has 3 aromatic carbocycles. The number of alkyl carbamates (subject to hydrolysis) is 1. The maximum atomic E-state index is 14.6. The Bertz CT molecular complexity index is 1770. The third kappa shape index (κ3) is 8.79. The predicted molar refractivity (Wildman–Crippen MR) is 182 cm³/mol. The van der Waals surface area contributed by atoms with E-state index in [-0.39, 0.29) is 50.2 Å². The van der Waals surface area contributed by atoms with E-state index in [1.165, 1.54) is 7.05 Å². The number of ether oxygens (including phenoxy) is 2. The van der Waals surface area contributed by atoms with Crippen LogP contribution in [0.15, 0.2) is 54.6 Å². The number of hydrogen-bond donors (Lipinski definition) is 1. The van der Waals surface area contributed by atoms with Crippen molar-refractivity contribution in [2.75, 3.05) is 14.2 Å². The first-order chi connectivity index (χ1) is 22.4. The van der Waals surface area contributed by atoms with Gasteiger partial charge < -0.3 is 19.7 Å². The highest BCUT2D eigenvalue weighted by Gasteiger charge is 2.31. The van der Waals surface area contributed by atoms with Gasteiger partial charge in [-0.25, -0.2) is 13.6 Å². The zero-order valence-electron chi connectivity index (χ0n) is 27.1. The van der Waals surface area contributed by atoms with Gasteiger partial charge in [-0.2, -0.15) is 5.26 Å². The van der Waals surface area contributed by atoms with Crippen LogP contribution in [0.4, 0.5) is 13.6 Å². The van der Waals surface area contributed by atoms with E-state index in [1.807, 2.05) is 51.1 Å². The van der Waals surface area contributed by atoms with Gasteiger partial charge in [0.05, 0.1) is 33.9 Å². The first-order valence-electron chi connectivity index (χ1n) is 15.3. The Morgan fingerprint density at radius 2 is 1.66 bits per heavy atom. The lowest BCUT2D eigenvalue weighted by atomic mass is 9.93. The molecule has 11 heteroatoms. The fourth-order valence-corrected chi connectivity index (χ4v) is 6.96. The number of rotatable bonds is 6. The highest BCUT2D eigenvalue weighted by molar-refractivity contribution is 7.21. The molecule has 1 heterocycles. The number of methoxy groups -OCH3 is 1. The number of hydrogen-bond acceptors (Lipinski definition) is 6. The molecule has 1 fully saturated rings. The van der Waals surface area contributed by atoms with Crippen molar-refractivity contribution >= 4 is 45.0 Å². The molecule has 1 N–H and O–H groups in total. The molecule has 0 saturated heterocycles. The summed E-state index contributed by atoms with van der Waals surface area (Å²) in [6, 6.07) is 17.3. The van der Waals surface area contributed by atoms with Crippen LogP contribution in [0.3, 0.4) is 0 Å². The molecule has 47 heavy (non-hydrogen) atoms. The summed E-state index contributed by atoms with van der Waals surface area (Å²) in [5.74, 6) is -0.959. The van der Waals surface area contributed by atoms with Gasteiger partial charge in [-0.3, -0.25) is 4.79 Å². The molecule has 0 unspecified atom stereocenters. The maximum Gasteiger partial charge on any atom is 0.407 e. The lowest BCUT2D eigenvalue weighted by molar-refractivity contribution is 0.0540. The van der Waals surface area contributed by atoms with Crippen molar-refractivity contribution in [2.45, 2.75) is 71.1 Å². The van der Waals surface area contributed by atoms with Crippen LogP contribution in [0.25, 0.3) is 21.2 Å². The average Bonchev–Trinajstić information content (AvgIpc) is 3.43. The lowest BCUT2D eigenvalue weighted by Gasteiger charge is -2.34. The molecule has 0 radical (unpaired) electrons. The molecule has 248 valence electrons. The third-order valence-corrected chi connectivity index (χ3v) is 9.40. The van der Waals surface area contributed by atoms with Crippen molar-refractivity contribution in [1.82, 2.24) is 10.2 Å². The quantitative estimate of drug-likeness (QED) is 0.219. The number of nitrogens with zero attached hydrogens (tertiary/aromatic N) is 2. The molecular weight excluding hydrogens is 644 g/mol. The molecule has 1 aliphatic carbocycles. The van der Waals surface area contributed by atoms with Gasteiger partial charge in [0.25, 0.3) is 5.91 Å². The minimum atomic E-state index is -0.650. The summed E-state index contributed by atoms with van der Waals surface area (Å²) in [4.78, 5) is 26.4. The zero-order chi connectivity index (χ0) is 34.3. The Hall–Kier alpha value is -4.20. The standard InChI is InChI=1S/C30H25ClF2N2O2S.C6H13NO2/c1-37-25-14-11-20(19-9-7-18(16-34)8-10-19)15-21(25)17-35(22-5-3-2-4-6-22)30(36)29-27(31)26-23(32)12-13-24(33)28(26)38-29;1-6(2,3)9-5(8)7-4/h7-15,22H,2-6,17H2,1H3;1-4H3,(H,7,8). The van der Waals surface area contributed by atoms with Gasteiger partial charge in [0.15, 0.2) is 0 Å². The fraction of sp³-hybridized carbons (Fsp3) is 0.361. The van der Waals surface area contributed by atoms with Crippen molar-refractivity contribution in [2.24, 2.45) is 0 Å². The first-order valence-corrected chi connectivity index (χ1v) is 16.5. The van der Waals surface area contributed by atoms with E-state index in [0.717, 1.165) is 72.3 Å². The Labute approximate surface area is 283 Å². The number of benzene rings is 3. The Balaban J connectivity index is 0.000000488. The number of fused-ring (bicyclic) bond motifs is 1. The van der Waals surface area contributed by atoms with Crippen LogP contribution < -0.4 is 10.1 Å². The summed E-state index contributed by atoms with van der Waals surface area (Å²) in [5, 5.41) is 11.4. The van der Waals surface area contributed by atoms with Gasteiger partial charge in [0.1, 0.15) is 27.9 Å². The largest absolute Gasteiger partial charge is 0.496 e. The van der Waals surface area contributed by atoms with E-state index in [4.69, 9.17) is 26.3 Å². The van der Waals surface area contributed by atoms with Crippen LogP contribution in [-0.4, -0.2) is 42.7 Å². The Kier molecular flexibility index (Phi) is 11.8. The summed E-state index contributed by atoms with van der Waals surface area (Å²) >= 11 is 7.41. The monoisotopic (exact) mass is 681 g/mol. The molecule has 5 rings (SSSR count). The molecule has 1 aliphatic rings.